The second kappa shape index (κ2) is 25.5. The summed E-state index contributed by atoms with van der Waals surface area (Å²) in [5, 5.41) is 31.7. The van der Waals surface area contributed by atoms with Crippen molar-refractivity contribution >= 4 is 11.9 Å². The third-order valence-electron chi connectivity index (χ3n) is 9.92. The summed E-state index contributed by atoms with van der Waals surface area (Å²) in [4.78, 5) is 23.5. The van der Waals surface area contributed by atoms with Gasteiger partial charge in [-0.2, -0.15) is 0 Å². The van der Waals surface area contributed by atoms with E-state index >= 15 is 0 Å². The predicted molar refractivity (Wildman–Crippen MR) is 187 cm³/mol. The van der Waals surface area contributed by atoms with Crippen molar-refractivity contribution in [1.29, 1.82) is 0 Å². The van der Waals surface area contributed by atoms with Crippen molar-refractivity contribution in [2.75, 3.05) is 0 Å². The molecule has 0 amide bonds. The van der Waals surface area contributed by atoms with Crippen LogP contribution in [0.4, 0.5) is 0 Å². The molecule has 0 radical (unpaired) electrons. The van der Waals surface area contributed by atoms with E-state index in [2.05, 4.69) is 6.92 Å². The summed E-state index contributed by atoms with van der Waals surface area (Å²) >= 11 is 0. The Hall–Kier alpha value is -1.48. The van der Waals surface area contributed by atoms with E-state index in [1.807, 2.05) is 13.0 Å². The third-order valence-corrected chi connectivity index (χ3v) is 9.92. The second-order valence-corrected chi connectivity index (χ2v) is 14.4. The Kier molecular flexibility index (Phi) is 22.6. The fourth-order valence-corrected chi connectivity index (χ4v) is 7.07. The molecule has 8 heteroatoms. The molecule has 8 nitrogen and oxygen atoms in total. The molecule has 274 valence electrons. The largest absolute Gasteiger partial charge is 0.460 e. The van der Waals surface area contributed by atoms with Gasteiger partial charge in [-0.3, -0.25) is 4.79 Å². The normalized spacial score (nSPS) is 22.1. The first-order valence-electron chi connectivity index (χ1n) is 19.5. The number of carbonyl (C=O) groups is 2. The van der Waals surface area contributed by atoms with Gasteiger partial charge < -0.3 is 29.5 Å². The van der Waals surface area contributed by atoms with Crippen molar-refractivity contribution in [2.45, 2.75) is 224 Å². The summed E-state index contributed by atoms with van der Waals surface area (Å²) in [7, 11) is 0. The fourth-order valence-electron chi connectivity index (χ4n) is 7.07. The molecule has 1 fully saturated rings. The molecule has 0 aromatic rings. The zero-order chi connectivity index (χ0) is 34.3. The lowest BCUT2D eigenvalue weighted by Crippen LogP contribution is -2.36. The van der Waals surface area contributed by atoms with Crippen LogP contribution in [-0.2, 0) is 23.8 Å². The summed E-state index contributed by atoms with van der Waals surface area (Å²) < 4.78 is 16.9. The van der Waals surface area contributed by atoms with Crippen molar-refractivity contribution in [2.24, 2.45) is 0 Å². The number of hydrogen-bond acceptors (Lipinski definition) is 8. The molecular weight excluding hydrogens is 596 g/mol. The van der Waals surface area contributed by atoms with Crippen LogP contribution in [0.1, 0.15) is 181 Å². The van der Waals surface area contributed by atoms with Gasteiger partial charge in [0.1, 0.15) is 12.2 Å². The number of hydrogen-bond donors (Lipinski definition) is 3. The maximum Gasteiger partial charge on any atom is 0.334 e. The Morgan fingerprint density at radius 3 is 1.81 bits per heavy atom. The minimum atomic E-state index is -0.551. The van der Waals surface area contributed by atoms with Gasteiger partial charge in [0.2, 0.25) is 0 Å². The van der Waals surface area contributed by atoms with Crippen LogP contribution in [0.3, 0.4) is 0 Å². The van der Waals surface area contributed by atoms with E-state index in [1.165, 1.54) is 58.3 Å². The molecular formula is C39H70O8. The zero-order valence-corrected chi connectivity index (χ0v) is 30.2. The maximum atomic E-state index is 11.8. The van der Waals surface area contributed by atoms with Crippen molar-refractivity contribution in [3.63, 3.8) is 0 Å². The highest BCUT2D eigenvalue weighted by molar-refractivity contribution is 5.90. The van der Waals surface area contributed by atoms with Crippen LogP contribution in [0.25, 0.3) is 0 Å². The highest BCUT2D eigenvalue weighted by atomic mass is 16.6. The van der Waals surface area contributed by atoms with Crippen molar-refractivity contribution in [1.82, 2.24) is 0 Å². The number of esters is 2. The first-order chi connectivity index (χ1) is 22.7. The Labute approximate surface area is 286 Å². The summed E-state index contributed by atoms with van der Waals surface area (Å²) in [6.07, 6.45) is 24.6. The van der Waals surface area contributed by atoms with E-state index in [4.69, 9.17) is 14.2 Å². The Balaban J connectivity index is 1.50. The molecule has 0 saturated carbocycles. The van der Waals surface area contributed by atoms with Crippen molar-refractivity contribution in [3.05, 3.63) is 11.6 Å². The topological polar surface area (TPSA) is 123 Å². The molecule has 0 aromatic heterocycles. The van der Waals surface area contributed by atoms with Crippen LogP contribution in [0.15, 0.2) is 11.6 Å². The highest BCUT2D eigenvalue weighted by Gasteiger charge is 2.37. The first kappa shape index (κ1) is 41.7. The quantitative estimate of drug-likeness (QED) is 0.0537. The Bertz CT molecular complexity index is 860. The summed E-state index contributed by atoms with van der Waals surface area (Å²) in [5.41, 5.74) is 0.689. The lowest BCUT2D eigenvalue weighted by atomic mass is 9.98. The monoisotopic (exact) mass is 667 g/mol. The molecule has 0 spiro atoms. The Morgan fingerprint density at radius 2 is 1.28 bits per heavy atom. The third kappa shape index (κ3) is 19.3. The number of cyclic esters (lactones) is 1. The van der Waals surface area contributed by atoms with Gasteiger partial charge in [-0.05, 0) is 57.9 Å². The molecule has 2 rings (SSSR count). The van der Waals surface area contributed by atoms with Gasteiger partial charge in [0, 0.05) is 18.9 Å². The fraction of sp³-hybridized carbons (Fsp3) is 0.897. The van der Waals surface area contributed by atoms with E-state index in [0.29, 0.717) is 31.3 Å². The SMILES string of the molecule is CCCCCCCCCCCC[C@@H](O)[C@@H]1CC[C@@H]([C@H](CC(O)CCCCCCCCCC(O)CCC2=C[C@H](C)OC2=O)OC(C)=O)O1. The van der Waals surface area contributed by atoms with Crippen LogP contribution < -0.4 is 0 Å². The number of ether oxygens (including phenoxy) is 3. The van der Waals surface area contributed by atoms with Crippen molar-refractivity contribution < 1.29 is 39.1 Å². The summed E-state index contributed by atoms with van der Waals surface area (Å²) in [6.45, 7) is 5.50. The molecule has 0 bridgehead atoms. The molecule has 1 saturated heterocycles. The second-order valence-electron chi connectivity index (χ2n) is 14.4. The first-order valence-corrected chi connectivity index (χ1v) is 19.5. The summed E-state index contributed by atoms with van der Waals surface area (Å²) in [6, 6.07) is 0. The van der Waals surface area contributed by atoms with E-state index in [0.717, 1.165) is 83.5 Å². The van der Waals surface area contributed by atoms with Gasteiger partial charge in [-0.15, -0.1) is 0 Å². The molecule has 2 heterocycles. The minimum Gasteiger partial charge on any atom is -0.460 e. The van der Waals surface area contributed by atoms with Crippen LogP contribution in [0.2, 0.25) is 0 Å². The standard InChI is InChI=1S/C39H70O8/c1-4-5-6-7-8-9-10-14-17-20-23-35(43)36-26-27-37(47-36)38(46-31(3)40)29-34(42)22-19-16-13-11-12-15-18-21-33(41)25-24-32-28-30(2)45-39(32)44/h28,30,33-38,41-43H,4-27,29H2,1-3H3/t30-,33?,34?,35+,36-,37-,38-/m0/s1. The van der Waals surface area contributed by atoms with E-state index in [9.17, 15) is 24.9 Å². The number of carbonyl (C=O) groups excluding carboxylic acids is 2. The van der Waals surface area contributed by atoms with Crippen LogP contribution in [0, 0.1) is 0 Å². The Morgan fingerprint density at radius 1 is 0.766 bits per heavy atom. The lowest BCUT2D eigenvalue weighted by Gasteiger charge is -2.27. The maximum absolute atomic E-state index is 11.8. The van der Waals surface area contributed by atoms with Gasteiger partial charge in [0.05, 0.1) is 30.5 Å². The van der Waals surface area contributed by atoms with Gasteiger partial charge in [-0.1, -0.05) is 116 Å². The van der Waals surface area contributed by atoms with E-state index in [1.54, 1.807) is 0 Å². The molecule has 2 unspecified atom stereocenters. The number of aliphatic hydroxyl groups excluding tert-OH is 3. The number of rotatable bonds is 29. The highest BCUT2D eigenvalue weighted by Crippen LogP contribution is 2.30. The number of aliphatic hydroxyl groups is 3. The van der Waals surface area contributed by atoms with Crippen LogP contribution in [0.5, 0.6) is 0 Å². The van der Waals surface area contributed by atoms with Crippen molar-refractivity contribution in [3.8, 4) is 0 Å². The van der Waals surface area contributed by atoms with Crippen LogP contribution >= 0.6 is 0 Å². The van der Waals surface area contributed by atoms with Gasteiger partial charge >= 0.3 is 11.9 Å². The molecule has 47 heavy (non-hydrogen) atoms. The molecule has 0 aromatic carbocycles. The van der Waals surface area contributed by atoms with Crippen LogP contribution in [-0.4, -0.2) is 70.0 Å². The molecule has 2 aliphatic rings. The predicted octanol–water partition coefficient (Wildman–Crippen LogP) is 8.41. The van der Waals surface area contributed by atoms with Gasteiger partial charge in [0.15, 0.2) is 0 Å². The molecule has 2 aliphatic heterocycles. The summed E-state index contributed by atoms with van der Waals surface area (Å²) in [5.74, 6) is -0.610. The van der Waals surface area contributed by atoms with E-state index < -0.39 is 18.3 Å². The molecule has 3 N–H and O–H groups in total. The zero-order valence-electron chi connectivity index (χ0n) is 30.2. The average molecular weight is 667 g/mol. The smallest absolute Gasteiger partial charge is 0.334 e. The molecule has 0 aliphatic carbocycles. The average Bonchev–Trinajstić information content (AvgIpc) is 3.65. The van der Waals surface area contributed by atoms with Gasteiger partial charge in [0.25, 0.3) is 0 Å². The molecule has 7 atom stereocenters. The lowest BCUT2D eigenvalue weighted by molar-refractivity contribution is -0.159. The van der Waals surface area contributed by atoms with E-state index in [-0.39, 0.29) is 36.4 Å². The minimum absolute atomic E-state index is 0.153. The van der Waals surface area contributed by atoms with Gasteiger partial charge in [-0.25, -0.2) is 4.79 Å². The number of unbranched alkanes of at least 4 members (excludes halogenated alkanes) is 15.